The van der Waals surface area contributed by atoms with Crippen molar-refractivity contribution in [3.8, 4) is 11.3 Å². The largest absolute Gasteiger partial charge is 0.404 e. The normalized spacial score (nSPS) is 14.8. The molecule has 3 rings (SSSR count). The van der Waals surface area contributed by atoms with Gasteiger partial charge in [0.2, 0.25) is 0 Å². The summed E-state index contributed by atoms with van der Waals surface area (Å²) in [5.74, 6) is 0. The summed E-state index contributed by atoms with van der Waals surface area (Å²) in [5, 5.41) is 27.1. The van der Waals surface area contributed by atoms with Crippen LogP contribution in [0.4, 0.5) is 0 Å². The van der Waals surface area contributed by atoms with Crippen LogP contribution in [0.15, 0.2) is 42.0 Å². The summed E-state index contributed by atoms with van der Waals surface area (Å²) in [5.41, 5.74) is 9.43. The third kappa shape index (κ3) is 4.10. The fourth-order valence-electron chi connectivity index (χ4n) is 2.69. The number of allylic oxidation sites excluding steroid dienone is 1. The van der Waals surface area contributed by atoms with Gasteiger partial charge in [0.05, 0.1) is 54.8 Å². The molecule has 148 valence electrons. The molecule has 0 spiro atoms. The lowest BCUT2D eigenvalue weighted by atomic mass is 10.1. The van der Waals surface area contributed by atoms with Gasteiger partial charge in [-0.25, -0.2) is 9.50 Å². The smallest absolute Gasteiger partial charge is 0.0999 e. The third-order valence-corrected chi connectivity index (χ3v) is 4.54. The molecule has 3 aromatic heterocycles. The highest BCUT2D eigenvalue weighted by Gasteiger charge is 2.14. The molecule has 0 saturated carbocycles. The van der Waals surface area contributed by atoms with E-state index in [1.54, 1.807) is 23.1 Å². The lowest BCUT2D eigenvalue weighted by molar-refractivity contribution is 0.102. The van der Waals surface area contributed by atoms with E-state index in [0.717, 1.165) is 23.2 Å². The van der Waals surface area contributed by atoms with Crippen LogP contribution in [-0.4, -0.2) is 60.1 Å². The fraction of sp³-hybridized carbons (Fsp3) is 0.368. The highest BCUT2D eigenvalue weighted by Crippen LogP contribution is 2.25. The fourth-order valence-corrected chi connectivity index (χ4v) is 2.69. The zero-order valence-corrected chi connectivity index (χ0v) is 16.0. The van der Waals surface area contributed by atoms with Crippen molar-refractivity contribution in [2.24, 2.45) is 10.7 Å². The Labute approximate surface area is 162 Å². The van der Waals surface area contributed by atoms with Gasteiger partial charge in [0.1, 0.15) is 0 Å². The second kappa shape index (κ2) is 8.77. The molecule has 0 aliphatic heterocycles. The Morgan fingerprint density at radius 2 is 2.18 bits per heavy atom. The maximum absolute atomic E-state index is 9.43. The zero-order chi connectivity index (χ0) is 20.1. The number of fused-ring (bicyclic) bond motifs is 1. The van der Waals surface area contributed by atoms with Gasteiger partial charge in [-0.15, -0.1) is 0 Å². The molecule has 0 aliphatic rings. The molecule has 0 bridgehead atoms. The van der Waals surface area contributed by atoms with E-state index in [-0.39, 0.29) is 13.2 Å². The molecule has 3 aromatic rings. The van der Waals surface area contributed by atoms with Crippen molar-refractivity contribution in [1.29, 1.82) is 0 Å². The number of nitrogens with two attached hydrogens (primary N) is 1. The van der Waals surface area contributed by atoms with Crippen molar-refractivity contribution < 1.29 is 10.2 Å². The predicted molar refractivity (Wildman–Crippen MR) is 108 cm³/mol. The van der Waals surface area contributed by atoms with Crippen molar-refractivity contribution in [1.82, 2.24) is 24.4 Å². The first-order chi connectivity index (χ1) is 13.6. The number of aliphatic hydroxyl groups excluding tert-OH is 2. The van der Waals surface area contributed by atoms with Gasteiger partial charge in [0.15, 0.2) is 0 Å². The van der Waals surface area contributed by atoms with Crippen LogP contribution in [0.2, 0.25) is 0 Å². The minimum atomic E-state index is -0.904. The minimum Gasteiger partial charge on any atom is -0.404 e. The maximum atomic E-state index is 9.43. The first-order valence-electron chi connectivity index (χ1n) is 9.17. The Balaban J connectivity index is 2.00. The van der Waals surface area contributed by atoms with Crippen LogP contribution < -0.4 is 5.73 Å². The maximum Gasteiger partial charge on any atom is 0.0999 e. The van der Waals surface area contributed by atoms with Crippen molar-refractivity contribution in [3.05, 3.63) is 42.7 Å². The molecule has 9 heteroatoms. The van der Waals surface area contributed by atoms with Gasteiger partial charge < -0.3 is 15.9 Å². The lowest BCUT2D eigenvalue weighted by Gasteiger charge is -2.09. The molecular formula is C19H25N7O2. The van der Waals surface area contributed by atoms with E-state index in [1.807, 2.05) is 16.9 Å². The predicted octanol–water partition coefficient (Wildman–Crippen LogP) is 1.29. The quantitative estimate of drug-likeness (QED) is 0.503. The monoisotopic (exact) mass is 383 g/mol. The summed E-state index contributed by atoms with van der Waals surface area (Å²) in [6.07, 6.45) is 10.3. The minimum absolute atomic E-state index is 0.0758. The van der Waals surface area contributed by atoms with Crippen LogP contribution in [-0.2, 0) is 0 Å². The Bertz CT molecular complexity index is 989. The van der Waals surface area contributed by atoms with Gasteiger partial charge in [0, 0.05) is 35.8 Å². The van der Waals surface area contributed by atoms with Gasteiger partial charge in [-0.2, -0.15) is 10.2 Å². The average molecular weight is 383 g/mol. The third-order valence-electron chi connectivity index (χ3n) is 4.54. The molecule has 4 N–H and O–H groups in total. The lowest BCUT2D eigenvalue weighted by Crippen LogP contribution is -2.15. The molecule has 28 heavy (non-hydrogen) atoms. The number of hydrogen-bond donors (Lipinski definition) is 3. The van der Waals surface area contributed by atoms with E-state index in [4.69, 9.17) is 15.8 Å². The summed E-state index contributed by atoms with van der Waals surface area (Å²) < 4.78 is 3.66. The Morgan fingerprint density at radius 1 is 1.36 bits per heavy atom. The van der Waals surface area contributed by atoms with Gasteiger partial charge in [-0.3, -0.25) is 9.67 Å². The molecule has 9 nitrogen and oxygen atoms in total. The second-order valence-electron chi connectivity index (χ2n) is 6.55. The summed E-state index contributed by atoms with van der Waals surface area (Å²) in [7, 11) is 0. The first kappa shape index (κ1) is 19.7. The molecule has 0 saturated heterocycles. The van der Waals surface area contributed by atoms with Crippen LogP contribution >= 0.6 is 0 Å². The van der Waals surface area contributed by atoms with E-state index in [9.17, 15) is 5.11 Å². The van der Waals surface area contributed by atoms with E-state index in [0.29, 0.717) is 17.3 Å². The van der Waals surface area contributed by atoms with Crippen LogP contribution in [0.5, 0.6) is 0 Å². The number of hydrogen-bond acceptors (Lipinski definition) is 7. The molecule has 0 amide bonds. The van der Waals surface area contributed by atoms with E-state index in [1.165, 1.54) is 12.4 Å². The SMILES string of the molecule is CCC(C)n1cc(-c2nc(C(C=NCC(O)CO)=CN)cn3nccc23)cn1. The Hall–Kier alpha value is -3.04. The van der Waals surface area contributed by atoms with Gasteiger partial charge in [-0.1, -0.05) is 6.92 Å². The highest BCUT2D eigenvalue weighted by molar-refractivity contribution is 6.09. The van der Waals surface area contributed by atoms with E-state index in [2.05, 4.69) is 29.0 Å². The number of rotatable bonds is 8. The highest BCUT2D eigenvalue weighted by atomic mass is 16.3. The van der Waals surface area contributed by atoms with Crippen LogP contribution in [0, 0.1) is 0 Å². The molecule has 0 radical (unpaired) electrons. The first-order valence-corrected chi connectivity index (χ1v) is 9.17. The molecule has 3 heterocycles. The topological polar surface area (TPSA) is 127 Å². The molecule has 0 aromatic carbocycles. The van der Waals surface area contributed by atoms with E-state index < -0.39 is 6.10 Å². The van der Waals surface area contributed by atoms with Gasteiger partial charge in [-0.05, 0) is 19.4 Å². The summed E-state index contributed by atoms with van der Waals surface area (Å²) in [4.78, 5) is 8.89. The molecule has 2 unspecified atom stereocenters. The summed E-state index contributed by atoms with van der Waals surface area (Å²) in [6, 6.07) is 2.19. The van der Waals surface area contributed by atoms with Crippen LogP contribution in [0.1, 0.15) is 32.0 Å². The van der Waals surface area contributed by atoms with Crippen LogP contribution in [0.3, 0.4) is 0 Å². The molecule has 0 aliphatic carbocycles. The molecule has 0 fully saturated rings. The number of aliphatic imine (C=N–C) groups is 1. The van der Waals surface area contributed by atoms with Crippen molar-refractivity contribution in [2.45, 2.75) is 32.4 Å². The standard InChI is InChI=1S/C19H25N7O2/c1-3-13(2)25-10-15(8-23-25)19-18-4-5-22-26(18)11-17(24-19)14(6-20)7-21-9-16(28)12-27/h4-8,10-11,13,16,27-28H,3,9,12,20H2,1-2H3. The van der Waals surface area contributed by atoms with Crippen molar-refractivity contribution >= 4 is 17.3 Å². The Kier molecular flexibility index (Phi) is 6.17. The number of aromatic nitrogens is 5. The van der Waals surface area contributed by atoms with Gasteiger partial charge in [0.25, 0.3) is 0 Å². The van der Waals surface area contributed by atoms with Gasteiger partial charge >= 0.3 is 0 Å². The molecular weight excluding hydrogens is 358 g/mol. The number of aliphatic hydroxyl groups is 2. The summed E-state index contributed by atoms with van der Waals surface area (Å²) >= 11 is 0. The summed E-state index contributed by atoms with van der Waals surface area (Å²) in [6.45, 7) is 3.96. The molecule has 2 atom stereocenters. The number of nitrogens with zero attached hydrogens (tertiary/aromatic N) is 6. The average Bonchev–Trinajstić information content (AvgIpc) is 3.39. The second-order valence-corrected chi connectivity index (χ2v) is 6.55. The zero-order valence-electron chi connectivity index (χ0n) is 16.0. The van der Waals surface area contributed by atoms with E-state index >= 15 is 0 Å². The van der Waals surface area contributed by atoms with Crippen molar-refractivity contribution in [3.63, 3.8) is 0 Å². The van der Waals surface area contributed by atoms with Crippen molar-refractivity contribution in [2.75, 3.05) is 13.2 Å². The van der Waals surface area contributed by atoms with Crippen LogP contribution in [0.25, 0.3) is 22.3 Å². The Morgan fingerprint density at radius 3 is 2.89 bits per heavy atom.